The monoisotopic (exact) mass is 334 g/mol. The van der Waals surface area contributed by atoms with E-state index in [-0.39, 0.29) is 5.91 Å². The van der Waals surface area contributed by atoms with Gasteiger partial charge in [0, 0.05) is 22.5 Å². The standard InChI is InChI=1S/C17H19ClN2O3/c1-11(17(21)20-13-6-4-5-12(18)9-13)19-14-7-8-15(22-2)16(10-14)23-3/h4-11,19H,1-3H3,(H,20,21). The van der Waals surface area contributed by atoms with Crippen LogP contribution in [0.3, 0.4) is 0 Å². The van der Waals surface area contributed by atoms with Crippen LogP contribution in [0.15, 0.2) is 42.5 Å². The van der Waals surface area contributed by atoms with Crippen molar-refractivity contribution in [3.8, 4) is 11.5 Å². The average molecular weight is 335 g/mol. The fraction of sp³-hybridized carbons (Fsp3) is 0.235. The second kappa shape index (κ2) is 7.74. The van der Waals surface area contributed by atoms with E-state index in [1.807, 2.05) is 6.07 Å². The Hall–Kier alpha value is -2.40. The molecule has 5 nitrogen and oxygen atoms in total. The predicted octanol–water partition coefficient (Wildman–Crippen LogP) is 3.80. The Morgan fingerprint density at radius 1 is 1.04 bits per heavy atom. The van der Waals surface area contributed by atoms with Crippen LogP contribution in [0.2, 0.25) is 5.02 Å². The highest BCUT2D eigenvalue weighted by Gasteiger charge is 2.14. The molecule has 2 N–H and O–H groups in total. The van der Waals surface area contributed by atoms with E-state index < -0.39 is 6.04 Å². The minimum Gasteiger partial charge on any atom is -0.493 e. The van der Waals surface area contributed by atoms with Gasteiger partial charge in [0.2, 0.25) is 5.91 Å². The molecule has 122 valence electrons. The highest BCUT2D eigenvalue weighted by atomic mass is 35.5. The Bertz CT molecular complexity index is 691. The zero-order valence-corrected chi connectivity index (χ0v) is 14.0. The van der Waals surface area contributed by atoms with E-state index in [1.54, 1.807) is 57.5 Å². The number of amides is 1. The molecule has 0 saturated carbocycles. The summed E-state index contributed by atoms with van der Waals surface area (Å²) in [6.07, 6.45) is 0. The van der Waals surface area contributed by atoms with Gasteiger partial charge in [0.25, 0.3) is 0 Å². The van der Waals surface area contributed by atoms with Crippen LogP contribution in [0.1, 0.15) is 6.92 Å². The molecule has 1 unspecified atom stereocenters. The second-order valence-corrected chi connectivity index (χ2v) is 5.37. The van der Waals surface area contributed by atoms with E-state index in [0.29, 0.717) is 22.2 Å². The molecule has 0 aliphatic carbocycles. The summed E-state index contributed by atoms with van der Waals surface area (Å²) >= 11 is 5.91. The maximum atomic E-state index is 12.2. The molecule has 0 saturated heterocycles. The molecule has 0 spiro atoms. The lowest BCUT2D eigenvalue weighted by atomic mass is 10.2. The third kappa shape index (κ3) is 4.53. The van der Waals surface area contributed by atoms with Crippen molar-refractivity contribution in [3.63, 3.8) is 0 Å². The topological polar surface area (TPSA) is 59.6 Å². The van der Waals surface area contributed by atoms with Crippen molar-refractivity contribution in [3.05, 3.63) is 47.5 Å². The van der Waals surface area contributed by atoms with E-state index in [4.69, 9.17) is 21.1 Å². The molecule has 2 aromatic carbocycles. The van der Waals surface area contributed by atoms with Gasteiger partial charge >= 0.3 is 0 Å². The van der Waals surface area contributed by atoms with Gasteiger partial charge in [-0.2, -0.15) is 0 Å². The van der Waals surface area contributed by atoms with Crippen molar-refractivity contribution in [2.75, 3.05) is 24.9 Å². The fourth-order valence-electron chi connectivity index (χ4n) is 2.06. The maximum Gasteiger partial charge on any atom is 0.246 e. The highest BCUT2D eigenvalue weighted by molar-refractivity contribution is 6.30. The van der Waals surface area contributed by atoms with Crippen LogP contribution in [0.5, 0.6) is 11.5 Å². The highest BCUT2D eigenvalue weighted by Crippen LogP contribution is 2.30. The van der Waals surface area contributed by atoms with Gasteiger partial charge in [-0.25, -0.2) is 0 Å². The van der Waals surface area contributed by atoms with Gasteiger partial charge in [-0.05, 0) is 37.3 Å². The van der Waals surface area contributed by atoms with Crippen LogP contribution in [0.4, 0.5) is 11.4 Å². The van der Waals surface area contributed by atoms with E-state index in [2.05, 4.69) is 10.6 Å². The first-order valence-electron chi connectivity index (χ1n) is 7.08. The van der Waals surface area contributed by atoms with Crippen molar-refractivity contribution in [1.82, 2.24) is 0 Å². The summed E-state index contributed by atoms with van der Waals surface area (Å²) in [5, 5.41) is 6.51. The molecule has 6 heteroatoms. The minimum atomic E-state index is -0.438. The van der Waals surface area contributed by atoms with Crippen molar-refractivity contribution >= 4 is 28.9 Å². The molecule has 0 radical (unpaired) electrons. The Morgan fingerprint density at radius 2 is 1.78 bits per heavy atom. The molecular formula is C17H19ClN2O3. The molecule has 23 heavy (non-hydrogen) atoms. The lowest BCUT2D eigenvalue weighted by Crippen LogP contribution is -2.31. The van der Waals surface area contributed by atoms with Crippen molar-refractivity contribution in [1.29, 1.82) is 0 Å². The van der Waals surface area contributed by atoms with E-state index in [0.717, 1.165) is 5.69 Å². The minimum absolute atomic E-state index is 0.165. The molecule has 1 atom stereocenters. The third-order valence-corrected chi connectivity index (χ3v) is 3.49. The number of hydrogen-bond acceptors (Lipinski definition) is 4. The van der Waals surface area contributed by atoms with Gasteiger partial charge in [-0.15, -0.1) is 0 Å². The van der Waals surface area contributed by atoms with Gasteiger partial charge in [0.05, 0.1) is 14.2 Å². The summed E-state index contributed by atoms with van der Waals surface area (Å²) in [5.74, 6) is 1.07. The molecule has 0 aliphatic heterocycles. The largest absolute Gasteiger partial charge is 0.493 e. The lowest BCUT2D eigenvalue weighted by molar-refractivity contribution is -0.116. The number of ether oxygens (including phenoxy) is 2. The molecule has 0 heterocycles. The number of benzene rings is 2. The number of nitrogens with one attached hydrogen (secondary N) is 2. The van der Waals surface area contributed by atoms with Crippen molar-refractivity contribution in [2.24, 2.45) is 0 Å². The smallest absolute Gasteiger partial charge is 0.246 e. The van der Waals surface area contributed by atoms with Gasteiger partial charge in [-0.1, -0.05) is 17.7 Å². The molecule has 0 aromatic heterocycles. The van der Waals surface area contributed by atoms with E-state index in [1.165, 1.54) is 0 Å². The van der Waals surface area contributed by atoms with Gasteiger partial charge < -0.3 is 20.1 Å². The van der Waals surface area contributed by atoms with Crippen LogP contribution >= 0.6 is 11.6 Å². The quantitative estimate of drug-likeness (QED) is 0.843. The first-order chi connectivity index (χ1) is 11.0. The molecular weight excluding hydrogens is 316 g/mol. The number of halogens is 1. The molecule has 0 fully saturated rings. The van der Waals surface area contributed by atoms with Crippen LogP contribution in [-0.4, -0.2) is 26.2 Å². The van der Waals surface area contributed by atoms with Crippen molar-refractivity contribution in [2.45, 2.75) is 13.0 Å². The Balaban J connectivity index is 2.03. The Kier molecular flexibility index (Phi) is 5.71. The van der Waals surface area contributed by atoms with E-state index >= 15 is 0 Å². The first-order valence-corrected chi connectivity index (χ1v) is 7.46. The maximum absolute atomic E-state index is 12.2. The Morgan fingerprint density at radius 3 is 2.43 bits per heavy atom. The van der Waals surface area contributed by atoms with Crippen molar-refractivity contribution < 1.29 is 14.3 Å². The normalized spacial score (nSPS) is 11.5. The summed E-state index contributed by atoms with van der Waals surface area (Å²) < 4.78 is 10.4. The van der Waals surface area contributed by atoms with Gasteiger partial charge in [-0.3, -0.25) is 4.79 Å². The zero-order valence-electron chi connectivity index (χ0n) is 13.2. The summed E-state index contributed by atoms with van der Waals surface area (Å²) in [6.45, 7) is 1.77. The van der Waals surface area contributed by atoms with Crippen LogP contribution in [-0.2, 0) is 4.79 Å². The number of methoxy groups -OCH3 is 2. The molecule has 1 amide bonds. The summed E-state index contributed by atoms with van der Waals surface area (Å²) in [6, 6.07) is 12.0. The zero-order chi connectivity index (χ0) is 16.8. The average Bonchev–Trinajstić information content (AvgIpc) is 2.54. The van der Waals surface area contributed by atoms with Gasteiger partial charge in [0.1, 0.15) is 6.04 Å². The number of anilines is 2. The second-order valence-electron chi connectivity index (χ2n) is 4.94. The van der Waals surface area contributed by atoms with Gasteiger partial charge in [0.15, 0.2) is 11.5 Å². The number of carbonyl (C=O) groups is 1. The molecule has 0 bridgehead atoms. The summed E-state index contributed by atoms with van der Waals surface area (Å²) in [7, 11) is 3.14. The van der Waals surface area contributed by atoms with Crippen LogP contribution in [0.25, 0.3) is 0 Å². The molecule has 0 aliphatic rings. The summed E-state index contributed by atoms with van der Waals surface area (Å²) in [4.78, 5) is 12.2. The molecule has 2 aromatic rings. The summed E-state index contributed by atoms with van der Waals surface area (Å²) in [5.41, 5.74) is 1.42. The Labute approximate surface area is 140 Å². The lowest BCUT2D eigenvalue weighted by Gasteiger charge is -2.17. The number of carbonyl (C=O) groups excluding carboxylic acids is 1. The first kappa shape index (κ1) is 17.0. The number of hydrogen-bond donors (Lipinski definition) is 2. The number of rotatable bonds is 6. The van der Waals surface area contributed by atoms with E-state index in [9.17, 15) is 4.79 Å². The third-order valence-electron chi connectivity index (χ3n) is 3.25. The predicted molar refractivity (Wildman–Crippen MR) is 92.7 cm³/mol. The molecule has 2 rings (SSSR count). The SMILES string of the molecule is COc1ccc(NC(C)C(=O)Nc2cccc(Cl)c2)cc1OC. The van der Waals surface area contributed by atoms with Crippen LogP contribution < -0.4 is 20.1 Å². The fourth-order valence-corrected chi connectivity index (χ4v) is 2.25. The van der Waals surface area contributed by atoms with Crippen LogP contribution in [0, 0.1) is 0 Å².